The van der Waals surface area contributed by atoms with Gasteiger partial charge in [-0.25, -0.2) is 4.98 Å². The molecule has 0 saturated carbocycles. The number of rotatable bonds is 8. The van der Waals surface area contributed by atoms with Crippen LogP contribution in [0.15, 0.2) is 36.4 Å². The van der Waals surface area contributed by atoms with Crippen molar-refractivity contribution in [2.24, 2.45) is 0 Å². The first kappa shape index (κ1) is 24.1. The van der Waals surface area contributed by atoms with Crippen LogP contribution in [0, 0.1) is 11.3 Å². The first-order chi connectivity index (χ1) is 15.3. The number of hydrogen-bond acceptors (Lipinski definition) is 9. The molecular formula is C23H28N2O7. The van der Waals surface area contributed by atoms with Crippen molar-refractivity contribution in [2.75, 3.05) is 13.7 Å². The molecule has 0 spiro atoms. The third-order valence-electron chi connectivity index (χ3n) is 5.63. The van der Waals surface area contributed by atoms with Crippen LogP contribution in [0.4, 0.5) is 0 Å². The number of nitrogens with zero attached hydrogens (tertiary/aromatic N) is 2. The van der Waals surface area contributed by atoms with Crippen LogP contribution in [0.3, 0.4) is 0 Å². The van der Waals surface area contributed by atoms with Gasteiger partial charge in [-0.3, -0.25) is 0 Å². The van der Waals surface area contributed by atoms with E-state index < -0.39 is 36.8 Å². The van der Waals surface area contributed by atoms with Crippen molar-refractivity contribution in [3.8, 4) is 23.1 Å². The third-order valence-corrected chi connectivity index (χ3v) is 5.63. The van der Waals surface area contributed by atoms with Crippen LogP contribution in [0.25, 0.3) is 11.1 Å². The van der Waals surface area contributed by atoms with E-state index in [9.17, 15) is 25.5 Å². The molecule has 1 aliphatic rings. The molecule has 2 heterocycles. The van der Waals surface area contributed by atoms with Crippen molar-refractivity contribution in [1.82, 2.24) is 4.98 Å². The molecule has 0 aliphatic carbocycles. The number of benzene rings is 1. The molecule has 5 atom stereocenters. The van der Waals surface area contributed by atoms with Gasteiger partial charge in [0.15, 0.2) is 0 Å². The van der Waals surface area contributed by atoms with E-state index in [0.717, 1.165) is 29.7 Å². The number of aromatic nitrogens is 1. The molecule has 0 amide bonds. The fourth-order valence-electron chi connectivity index (χ4n) is 3.76. The summed E-state index contributed by atoms with van der Waals surface area (Å²) >= 11 is 0. The predicted molar refractivity (Wildman–Crippen MR) is 113 cm³/mol. The highest BCUT2D eigenvalue weighted by Gasteiger charge is 2.53. The molecule has 32 heavy (non-hydrogen) atoms. The van der Waals surface area contributed by atoms with Crippen LogP contribution < -0.4 is 4.74 Å². The number of pyridine rings is 1. The number of ether oxygens (including phenoxy) is 2. The molecule has 1 fully saturated rings. The minimum atomic E-state index is -2.30. The lowest BCUT2D eigenvalue weighted by Crippen LogP contribution is -2.63. The quantitative estimate of drug-likeness (QED) is 0.368. The average molecular weight is 444 g/mol. The number of aliphatic hydroxyl groups excluding tert-OH is 4. The summed E-state index contributed by atoms with van der Waals surface area (Å²) in [4.78, 5) is 4.45. The lowest BCUT2D eigenvalue weighted by Gasteiger charge is -2.45. The van der Waals surface area contributed by atoms with E-state index in [-0.39, 0.29) is 5.56 Å². The van der Waals surface area contributed by atoms with E-state index in [4.69, 9.17) is 14.7 Å². The first-order valence-electron chi connectivity index (χ1n) is 10.4. The lowest BCUT2D eigenvalue weighted by molar-refractivity contribution is -0.357. The maximum atomic E-state index is 10.9. The Kier molecular flexibility index (Phi) is 7.79. The highest BCUT2D eigenvalue weighted by molar-refractivity contribution is 5.65. The van der Waals surface area contributed by atoms with Gasteiger partial charge in [-0.05, 0) is 36.5 Å². The lowest BCUT2D eigenvalue weighted by atomic mass is 9.87. The molecule has 2 aromatic rings. The number of aryl methyl sites for hydroxylation is 1. The van der Waals surface area contributed by atoms with Crippen molar-refractivity contribution < 1.29 is 35.0 Å². The smallest absolute Gasteiger partial charge is 0.222 e. The zero-order valence-corrected chi connectivity index (χ0v) is 17.8. The van der Waals surface area contributed by atoms with Gasteiger partial charge in [0.05, 0.1) is 19.8 Å². The number of unbranched alkanes of at least 4 members (excludes halogenated alkanes) is 2. The number of methoxy groups -OCH3 is 1. The van der Waals surface area contributed by atoms with Gasteiger partial charge in [0.2, 0.25) is 11.7 Å². The Morgan fingerprint density at radius 2 is 1.81 bits per heavy atom. The summed E-state index contributed by atoms with van der Waals surface area (Å²) in [6.45, 7) is -0.640. The number of hydrogen-bond donors (Lipinski definition) is 5. The van der Waals surface area contributed by atoms with Gasteiger partial charge in [0.1, 0.15) is 24.4 Å². The zero-order valence-electron chi connectivity index (χ0n) is 17.8. The highest BCUT2D eigenvalue weighted by Crippen LogP contribution is 2.37. The fraction of sp³-hybridized carbons (Fsp3) is 0.478. The van der Waals surface area contributed by atoms with Gasteiger partial charge in [-0.2, -0.15) is 5.26 Å². The second kappa shape index (κ2) is 10.4. The van der Waals surface area contributed by atoms with Gasteiger partial charge in [-0.1, -0.05) is 24.3 Å². The monoisotopic (exact) mass is 444 g/mol. The molecule has 0 radical (unpaired) electrons. The maximum Gasteiger partial charge on any atom is 0.222 e. The second-order valence-electron chi connectivity index (χ2n) is 7.79. The van der Waals surface area contributed by atoms with E-state index in [0.29, 0.717) is 18.7 Å². The van der Waals surface area contributed by atoms with Crippen LogP contribution in [-0.4, -0.2) is 68.6 Å². The normalized spacial score (nSPS) is 27.7. The number of nitriles is 1. The van der Waals surface area contributed by atoms with Gasteiger partial charge < -0.3 is 35.0 Å². The summed E-state index contributed by atoms with van der Waals surface area (Å²) in [5.41, 5.74) is 2.62. The second-order valence-corrected chi connectivity index (χ2v) is 7.79. The topological polar surface area (TPSA) is 156 Å². The summed E-state index contributed by atoms with van der Waals surface area (Å²) in [7, 11) is 1.53. The van der Waals surface area contributed by atoms with Gasteiger partial charge in [0.25, 0.3) is 0 Å². The molecule has 1 saturated heterocycles. The first-order valence-corrected chi connectivity index (χ1v) is 10.4. The maximum absolute atomic E-state index is 10.9. The summed E-state index contributed by atoms with van der Waals surface area (Å²) in [6.07, 6.45) is -3.49. The van der Waals surface area contributed by atoms with Crippen molar-refractivity contribution in [3.05, 3.63) is 47.7 Å². The standard InChI is InChI=1S/C23H28N2O7/c1-31-19-12-15(11-17(25-19)5-3-2-4-10-24)14-6-8-16(9-7-14)23(30)22(29)21(28)20(27)18(13-26)32-23/h6-9,11-12,18,20-22,26-30H,2-5,13H2,1H3/t18-,20-,21-,22-,23-/m1/s1. The van der Waals surface area contributed by atoms with Crippen LogP contribution in [-0.2, 0) is 16.9 Å². The summed E-state index contributed by atoms with van der Waals surface area (Å²) in [5.74, 6) is -1.85. The van der Waals surface area contributed by atoms with E-state index in [1.54, 1.807) is 18.2 Å². The van der Waals surface area contributed by atoms with Crippen molar-refractivity contribution in [2.45, 2.75) is 55.9 Å². The molecule has 9 heteroatoms. The van der Waals surface area contributed by atoms with Crippen LogP contribution in [0.2, 0.25) is 0 Å². The highest BCUT2D eigenvalue weighted by atomic mass is 16.7. The van der Waals surface area contributed by atoms with Crippen molar-refractivity contribution in [3.63, 3.8) is 0 Å². The molecular weight excluding hydrogens is 416 g/mol. The summed E-state index contributed by atoms with van der Waals surface area (Å²) in [5, 5.41) is 59.3. The van der Waals surface area contributed by atoms with Gasteiger partial charge >= 0.3 is 0 Å². The molecule has 3 rings (SSSR count). The molecule has 172 valence electrons. The van der Waals surface area contributed by atoms with Gasteiger partial charge in [0, 0.05) is 23.7 Å². The zero-order chi connectivity index (χ0) is 23.3. The van der Waals surface area contributed by atoms with E-state index in [1.807, 2.05) is 6.07 Å². The van der Waals surface area contributed by atoms with E-state index >= 15 is 0 Å². The van der Waals surface area contributed by atoms with Crippen LogP contribution in [0.5, 0.6) is 5.88 Å². The predicted octanol–water partition coefficient (Wildman–Crippen LogP) is 0.612. The molecule has 5 N–H and O–H groups in total. The van der Waals surface area contributed by atoms with Crippen molar-refractivity contribution in [1.29, 1.82) is 5.26 Å². The van der Waals surface area contributed by atoms with Crippen LogP contribution >= 0.6 is 0 Å². The molecule has 1 aromatic carbocycles. The third kappa shape index (κ3) is 4.91. The minimum Gasteiger partial charge on any atom is -0.481 e. The summed E-state index contributed by atoms with van der Waals surface area (Å²) < 4.78 is 10.7. The molecule has 1 aromatic heterocycles. The molecule has 9 nitrogen and oxygen atoms in total. The largest absolute Gasteiger partial charge is 0.481 e. The molecule has 0 unspecified atom stereocenters. The van der Waals surface area contributed by atoms with Crippen LogP contribution in [0.1, 0.15) is 30.5 Å². The molecule has 0 bridgehead atoms. The van der Waals surface area contributed by atoms with E-state index in [1.165, 1.54) is 19.2 Å². The van der Waals surface area contributed by atoms with Crippen molar-refractivity contribution >= 4 is 0 Å². The fourth-order valence-corrected chi connectivity index (χ4v) is 3.76. The Labute approximate surface area is 186 Å². The Balaban J connectivity index is 1.86. The number of aliphatic hydroxyl groups is 5. The summed E-state index contributed by atoms with van der Waals surface area (Å²) in [6, 6.07) is 12.3. The van der Waals surface area contributed by atoms with E-state index in [2.05, 4.69) is 11.1 Å². The Morgan fingerprint density at radius 1 is 1.09 bits per heavy atom. The Morgan fingerprint density at radius 3 is 2.44 bits per heavy atom. The SMILES string of the molecule is COc1cc(-c2ccc([C@@]3(O)O[C@H](CO)[C@@H](O)[C@@H](O)[C@H]3O)cc2)cc(CCCCC#N)n1. The minimum absolute atomic E-state index is 0.163. The molecule has 1 aliphatic heterocycles. The Hall–Kier alpha value is -2.58. The Bertz CT molecular complexity index is 944. The average Bonchev–Trinajstić information content (AvgIpc) is 2.82. The van der Waals surface area contributed by atoms with Gasteiger partial charge in [-0.15, -0.1) is 0 Å².